The molecule has 0 amide bonds. The lowest BCUT2D eigenvalue weighted by atomic mass is 9.72. The summed E-state index contributed by atoms with van der Waals surface area (Å²) in [6.45, 7) is 3.17. The summed E-state index contributed by atoms with van der Waals surface area (Å²) in [6.07, 6.45) is 4.05. The summed E-state index contributed by atoms with van der Waals surface area (Å²) in [6, 6.07) is 13.4. The zero-order valence-corrected chi connectivity index (χ0v) is 13.2. The topological polar surface area (TPSA) is 24.9 Å². The van der Waals surface area contributed by atoms with Crippen LogP contribution in [0.15, 0.2) is 47.1 Å². The second-order valence-corrected chi connectivity index (χ2v) is 6.26. The van der Waals surface area contributed by atoms with Crippen LogP contribution >= 0.6 is 15.9 Å². The average Bonchev–Trinajstić information content (AvgIpc) is 2.43. The van der Waals surface area contributed by atoms with E-state index >= 15 is 0 Å². The predicted octanol–water partition coefficient (Wildman–Crippen LogP) is 3.70. The van der Waals surface area contributed by atoms with Gasteiger partial charge in [0.15, 0.2) is 0 Å². The molecule has 2 nitrogen and oxygen atoms in total. The molecule has 0 radical (unpaired) electrons. The molecule has 1 aliphatic rings. The Labute approximate surface area is 128 Å². The minimum absolute atomic E-state index is 0.476. The van der Waals surface area contributed by atoms with Crippen LogP contribution in [0.3, 0.4) is 0 Å². The van der Waals surface area contributed by atoms with Gasteiger partial charge in [-0.3, -0.25) is 4.98 Å². The van der Waals surface area contributed by atoms with Gasteiger partial charge >= 0.3 is 0 Å². The van der Waals surface area contributed by atoms with Crippen LogP contribution in [-0.4, -0.2) is 17.6 Å². The molecule has 2 aromatic rings. The van der Waals surface area contributed by atoms with Gasteiger partial charge in [0.05, 0.1) is 0 Å². The van der Waals surface area contributed by atoms with Crippen molar-refractivity contribution >= 4 is 15.9 Å². The smallest absolute Gasteiger partial charge is 0.0420 e. The van der Waals surface area contributed by atoms with Crippen molar-refractivity contribution in [1.82, 2.24) is 10.3 Å². The molecule has 0 saturated carbocycles. The number of benzene rings is 1. The van der Waals surface area contributed by atoms with Crippen LogP contribution in [-0.2, 0) is 12.8 Å². The maximum atomic E-state index is 4.51. The first-order chi connectivity index (χ1) is 9.78. The molecule has 2 unspecified atom stereocenters. The van der Waals surface area contributed by atoms with E-state index in [0.717, 1.165) is 23.1 Å². The first-order valence-electron chi connectivity index (χ1n) is 7.19. The van der Waals surface area contributed by atoms with E-state index < -0.39 is 0 Å². The second kappa shape index (κ2) is 6.06. The van der Waals surface area contributed by atoms with Crippen LogP contribution < -0.4 is 5.32 Å². The molecule has 3 heteroatoms. The van der Waals surface area contributed by atoms with Crippen molar-refractivity contribution < 1.29 is 0 Å². The number of aromatic nitrogens is 1. The third-order valence-corrected chi connectivity index (χ3v) is 4.53. The van der Waals surface area contributed by atoms with E-state index in [4.69, 9.17) is 0 Å². The molecule has 2 atom stereocenters. The largest absolute Gasteiger partial charge is 0.313 e. The van der Waals surface area contributed by atoms with Gasteiger partial charge in [0.1, 0.15) is 0 Å². The number of pyridine rings is 1. The standard InChI is InChI=1S/C17H19BrN2/c1-2-19-17(10-14-8-7-13(18)11-20-14)16-9-12-5-3-4-6-15(12)16/h3-8,11,16-17,19H,2,9-10H2,1H3. The third kappa shape index (κ3) is 2.79. The molecule has 3 rings (SSSR count). The maximum Gasteiger partial charge on any atom is 0.0420 e. The number of nitrogens with zero attached hydrogens (tertiary/aromatic N) is 1. The second-order valence-electron chi connectivity index (χ2n) is 5.35. The Morgan fingerprint density at radius 3 is 2.85 bits per heavy atom. The van der Waals surface area contributed by atoms with Crippen LogP contribution in [0.25, 0.3) is 0 Å². The van der Waals surface area contributed by atoms with Crippen molar-refractivity contribution in [3.8, 4) is 0 Å². The number of hydrogen-bond acceptors (Lipinski definition) is 2. The molecule has 0 bridgehead atoms. The van der Waals surface area contributed by atoms with Crippen molar-refractivity contribution in [3.63, 3.8) is 0 Å². The van der Waals surface area contributed by atoms with Crippen molar-refractivity contribution in [2.45, 2.75) is 31.7 Å². The van der Waals surface area contributed by atoms with E-state index in [1.807, 2.05) is 6.20 Å². The number of likely N-dealkylation sites (N-methyl/N-ethyl adjacent to an activating group) is 1. The summed E-state index contributed by atoms with van der Waals surface area (Å²) < 4.78 is 1.04. The highest BCUT2D eigenvalue weighted by atomic mass is 79.9. The number of fused-ring (bicyclic) bond motifs is 1. The van der Waals surface area contributed by atoms with Crippen LogP contribution in [0, 0.1) is 0 Å². The van der Waals surface area contributed by atoms with Crippen LogP contribution in [0.4, 0.5) is 0 Å². The number of nitrogens with one attached hydrogen (secondary N) is 1. The monoisotopic (exact) mass is 330 g/mol. The number of halogens is 1. The van der Waals surface area contributed by atoms with E-state index in [2.05, 4.69) is 69.6 Å². The van der Waals surface area contributed by atoms with Gasteiger partial charge in [-0.05, 0) is 52.2 Å². The summed E-state index contributed by atoms with van der Waals surface area (Å²) >= 11 is 3.44. The lowest BCUT2D eigenvalue weighted by Crippen LogP contribution is -2.41. The predicted molar refractivity (Wildman–Crippen MR) is 86.0 cm³/mol. The van der Waals surface area contributed by atoms with Crippen LogP contribution in [0.5, 0.6) is 0 Å². The van der Waals surface area contributed by atoms with Gasteiger partial charge in [0.2, 0.25) is 0 Å². The Kier molecular flexibility index (Phi) is 4.18. The van der Waals surface area contributed by atoms with Gasteiger partial charge in [0.25, 0.3) is 0 Å². The Bertz CT molecular complexity index is 580. The van der Waals surface area contributed by atoms with Crippen molar-refractivity contribution in [3.05, 3.63) is 63.9 Å². The molecule has 0 spiro atoms. The van der Waals surface area contributed by atoms with Gasteiger partial charge in [-0.2, -0.15) is 0 Å². The summed E-state index contributed by atoms with van der Waals surface area (Å²) in [4.78, 5) is 4.51. The van der Waals surface area contributed by atoms with Gasteiger partial charge in [-0.25, -0.2) is 0 Å². The molecule has 0 fully saturated rings. The summed E-state index contributed by atoms with van der Waals surface area (Å²) in [5, 5.41) is 3.64. The van der Waals surface area contributed by atoms with E-state index in [-0.39, 0.29) is 0 Å². The molecule has 104 valence electrons. The highest BCUT2D eigenvalue weighted by Crippen LogP contribution is 2.38. The highest BCUT2D eigenvalue weighted by molar-refractivity contribution is 9.10. The highest BCUT2D eigenvalue weighted by Gasteiger charge is 2.32. The fourth-order valence-electron chi connectivity index (χ4n) is 3.03. The normalized spacial score (nSPS) is 18.2. The molecule has 0 saturated heterocycles. The lowest BCUT2D eigenvalue weighted by Gasteiger charge is -2.37. The Morgan fingerprint density at radius 1 is 1.30 bits per heavy atom. The van der Waals surface area contributed by atoms with Crippen molar-refractivity contribution in [1.29, 1.82) is 0 Å². The first kappa shape index (κ1) is 13.8. The maximum absolute atomic E-state index is 4.51. The SMILES string of the molecule is CCNC(Cc1ccc(Br)cn1)C1Cc2ccccc21. The Hall–Kier alpha value is -1.19. The van der Waals surface area contributed by atoms with E-state index in [9.17, 15) is 0 Å². The van der Waals surface area contributed by atoms with Gasteiger partial charge in [0, 0.05) is 34.7 Å². The number of rotatable bonds is 5. The van der Waals surface area contributed by atoms with Gasteiger partial charge < -0.3 is 5.32 Å². The fraction of sp³-hybridized carbons (Fsp3) is 0.353. The minimum Gasteiger partial charge on any atom is -0.313 e. The molecular weight excluding hydrogens is 312 g/mol. The van der Waals surface area contributed by atoms with Crippen molar-refractivity contribution in [2.75, 3.05) is 6.54 Å². The summed E-state index contributed by atoms with van der Waals surface area (Å²) in [7, 11) is 0. The molecule has 1 heterocycles. The third-order valence-electron chi connectivity index (χ3n) is 4.06. The molecule has 20 heavy (non-hydrogen) atoms. The van der Waals surface area contributed by atoms with Gasteiger partial charge in [-0.1, -0.05) is 31.2 Å². The van der Waals surface area contributed by atoms with Crippen molar-refractivity contribution in [2.24, 2.45) is 0 Å². The van der Waals surface area contributed by atoms with E-state index in [1.165, 1.54) is 17.5 Å². The quantitative estimate of drug-likeness (QED) is 0.904. The zero-order valence-electron chi connectivity index (χ0n) is 11.6. The zero-order chi connectivity index (χ0) is 13.9. The molecule has 0 aliphatic heterocycles. The Morgan fingerprint density at radius 2 is 2.15 bits per heavy atom. The summed E-state index contributed by atoms with van der Waals surface area (Å²) in [5.74, 6) is 0.622. The van der Waals surface area contributed by atoms with Crippen LogP contribution in [0.2, 0.25) is 0 Å². The molecule has 1 aromatic carbocycles. The van der Waals surface area contributed by atoms with E-state index in [1.54, 1.807) is 0 Å². The fourth-order valence-corrected chi connectivity index (χ4v) is 3.26. The Balaban J connectivity index is 1.75. The lowest BCUT2D eigenvalue weighted by molar-refractivity contribution is 0.402. The molecule has 1 aliphatic carbocycles. The average molecular weight is 331 g/mol. The van der Waals surface area contributed by atoms with Gasteiger partial charge in [-0.15, -0.1) is 0 Å². The van der Waals surface area contributed by atoms with Crippen LogP contribution in [0.1, 0.15) is 29.7 Å². The minimum atomic E-state index is 0.476. The first-order valence-corrected chi connectivity index (χ1v) is 7.99. The molecule has 1 N–H and O–H groups in total. The molecule has 1 aromatic heterocycles. The molecular formula is C17H19BrN2. The van der Waals surface area contributed by atoms with E-state index in [0.29, 0.717) is 12.0 Å². The summed E-state index contributed by atoms with van der Waals surface area (Å²) in [5.41, 5.74) is 4.17. The number of hydrogen-bond donors (Lipinski definition) is 1.